The number of aliphatic carboxylic acids is 1. The zero-order valence-corrected chi connectivity index (χ0v) is 23.9. The van der Waals surface area contributed by atoms with Crippen molar-refractivity contribution < 1.29 is 24.6 Å². The molecule has 1 aromatic rings. The molecule has 214 valence electrons. The lowest BCUT2D eigenvalue weighted by molar-refractivity contribution is -0.160. The standard InChI is InChI=1S/C33H47NO5/c1-20(9-12-29(37)34-27(31(38)39)17-21-7-5-4-6-8-21)24-10-11-25-30-26(14-16-33(24,25)3)32(2)15-13-23(35)18-22(32)19-28(30)36/h4-8,20,22-27,30,35H,9-19H2,1-3H3,(H,34,37)(H,38,39)/t20?,22-,23+,24?,25?,26?,27-,30?,32?,33?/m0/s1. The molecule has 4 fully saturated rings. The van der Waals surface area contributed by atoms with Crippen molar-refractivity contribution in [3.8, 4) is 0 Å². The Morgan fingerprint density at radius 1 is 1.03 bits per heavy atom. The van der Waals surface area contributed by atoms with Crippen molar-refractivity contribution in [1.29, 1.82) is 0 Å². The van der Waals surface area contributed by atoms with Gasteiger partial charge in [-0.1, -0.05) is 51.1 Å². The van der Waals surface area contributed by atoms with E-state index in [9.17, 15) is 24.6 Å². The molecular weight excluding hydrogens is 490 g/mol. The van der Waals surface area contributed by atoms with Crippen LogP contribution in [0.15, 0.2) is 30.3 Å². The van der Waals surface area contributed by atoms with Crippen molar-refractivity contribution in [2.24, 2.45) is 46.3 Å². The number of aliphatic hydroxyl groups is 1. The van der Waals surface area contributed by atoms with Gasteiger partial charge in [0.1, 0.15) is 11.8 Å². The van der Waals surface area contributed by atoms with E-state index < -0.39 is 12.0 Å². The molecule has 0 spiro atoms. The molecule has 5 rings (SSSR count). The lowest BCUT2D eigenvalue weighted by Gasteiger charge is -2.60. The molecule has 7 unspecified atom stereocenters. The highest BCUT2D eigenvalue weighted by Gasteiger charge is 2.63. The van der Waals surface area contributed by atoms with Gasteiger partial charge in [-0.3, -0.25) is 9.59 Å². The minimum atomic E-state index is -1.01. The molecule has 1 aromatic carbocycles. The Morgan fingerprint density at radius 3 is 2.44 bits per heavy atom. The van der Waals surface area contributed by atoms with E-state index in [0.717, 1.165) is 56.9 Å². The van der Waals surface area contributed by atoms with Crippen LogP contribution in [0.3, 0.4) is 0 Å². The molecule has 0 aromatic heterocycles. The van der Waals surface area contributed by atoms with E-state index in [-0.39, 0.29) is 35.2 Å². The second-order valence-corrected chi connectivity index (χ2v) is 13.9. The molecular formula is C33H47NO5. The molecule has 6 heteroatoms. The van der Waals surface area contributed by atoms with Gasteiger partial charge in [-0.25, -0.2) is 4.79 Å². The summed E-state index contributed by atoms with van der Waals surface area (Å²) in [6.45, 7) is 7.07. The van der Waals surface area contributed by atoms with Crippen molar-refractivity contribution in [3.63, 3.8) is 0 Å². The van der Waals surface area contributed by atoms with E-state index in [2.05, 4.69) is 26.1 Å². The first-order chi connectivity index (χ1) is 18.5. The number of carboxylic acid groups (broad SMARTS) is 1. The molecule has 4 aliphatic carbocycles. The molecule has 6 nitrogen and oxygen atoms in total. The second-order valence-electron chi connectivity index (χ2n) is 13.9. The third kappa shape index (κ3) is 5.30. The number of rotatable bonds is 8. The van der Waals surface area contributed by atoms with Gasteiger partial charge in [0, 0.05) is 25.2 Å². The summed E-state index contributed by atoms with van der Waals surface area (Å²) in [5.74, 6) is 1.37. The van der Waals surface area contributed by atoms with Crippen LogP contribution in [0.4, 0.5) is 0 Å². The lowest BCUT2D eigenvalue weighted by Crippen LogP contribution is -2.57. The number of carbonyl (C=O) groups excluding carboxylic acids is 2. The zero-order valence-electron chi connectivity index (χ0n) is 23.9. The molecule has 4 aliphatic rings. The van der Waals surface area contributed by atoms with Gasteiger partial charge in [-0.05, 0) is 97.3 Å². The van der Waals surface area contributed by atoms with Crippen LogP contribution in [0.25, 0.3) is 0 Å². The Bertz CT molecular complexity index is 1070. The van der Waals surface area contributed by atoms with Crippen molar-refractivity contribution in [2.75, 3.05) is 0 Å². The van der Waals surface area contributed by atoms with Crippen LogP contribution < -0.4 is 5.32 Å². The lowest BCUT2D eigenvalue weighted by atomic mass is 9.44. The van der Waals surface area contributed by atoms with Crippen LogP contribution in [0, 0.1) is 46.3 Å². The van der Waals surface area contributed by atoms with E-state index in [1.54, 1.807) is 0 Å². The van der Waals surface area contributed by atoms with Gasteiger partial charge < -0.3 is 15.5 Å². The first-order valence-corrected chi connectivity index (χ1v) is 15.3. The molecule has 0 radical (unpaired) electrons. The second kappa shape index (κ2) is 11.0. The van der Waals surface area contributed by atoms with Crippen LogP contribution in [0.1, 0.15) is 90.5 Å². The van der Waals surface area contributed by atoms with Gasteiger partial charge in [0.05, 0.1) is 6.10 Å². The molecule has 3 N–H and O–H groups in total. The Hall–Kier alpha value is -2.21. The predicted octanol–water partition coefficient (Wildman–Crippen LogP) is 5.41. The molecule has 0 bridgehead atoms. The maximum atomic E-state index is 13.6. The fourth-order valence-electron chi connectivity index (χ4n) is 9.76. The number of carboxylic acids is 1. The van der Waals surface area contributed by atoms with Gasteiger partial charge in [0.25, 0.3) is 0 Å². The molecule has 0 aliphatic heterocycles. The Balaban J connectivity index is 1.20. The summed E-state index contributed by atoms with van der Waals surface area (Å²) in [5, 5.41) is 22.7. The number of aliphatic hydroxyl groups excluding tert-OH is 1. The quantitative estimate of drug-likeness (QED) is 0.411. The molecule has 39 heavy (non-hydrogen) atoms. The van der Waals surface area contributed by atoms with Crippen LogP contribution >= 0.6 is 0 Å². The monoisotopic (exact) mass is 537 g/mol. The number of fused-ring (bicyclic) bond motifs is 5. The summed E-state index contributed by atoms with van der Waals surface area (Å²) in [6, 6.07) is 8.47. The number of carbonyl (C=O) groups is 3. The van der Waals surface area contributed by atoms with Crippen molar-refractivity contribution in [2.45, 2.75) is 104 Å². The summed E-state index contributed by atoms with van der Waals surface area (Å²) >= 11 is 0. The highest BCUT2D eigenvalue weighted by molar-refractivity contribution is 5.84. The maximum Gasteiger partial charge on any atom is 0.326 e. The molecule has 1 amide bonds. The van der Waals surface area contributed by atoms with Crippen molar-refractivity contribution in [3.05, 3.63) is 35.9 Å². The first-order valence-electron chi connectivity index (χ1n) is 15.3. The minimum Gasteiger partial charge on any atom is -0.480 e. The predicted molar refractivity (Wildman–Crippen MR) is 150 cm³/mol. The third-order valence-corrected chi connectivity index (χ3v) is 11.9. The SMILES string of the molecule is CC(CCC(=O)N[C@@H](Cc1ccccc1)C(=O)O)C1CCC2C3C(=O)C[C@@H]4C[C@H](O)CCC4(C)C3CCC12C. The third-order valence-electron chi connectivity index (χ3n) is 11.9. The van der Waals surface area contributed by atoms with Crippen LogP contribution in [-0.4, -0.2) is 40.0 Å². The molecule has 0 heterocycles. The van der Waals surface area contributed by atoms with Gasteiger partial charge in [-0.2, -0.15) is 0 Å². The number of benzene rings is 1. The van der Waals surface area contributed by atoms with E-state index in [1.807, 2.05) is 30.3 Å². The van der Waals surface area contributed by atoms with Gasteiger partial charge in [-0.15, -0.1) is 0 Å². The minimum absolute atomic E-state index is 0.112. The number of Topliss-reactive ketones (excluding diaryl/α,β-unsaturated/α-hetero) is 1. The number of amides is 1. The van der Waals surface area contributed by atoms with E-state index >= 15 is 0 Å². The summed E-state index contributed by atoms with van der Waals surface area (Å²) in [4.78, 5) is 38.2. The summed E-state index contributed by atoms with van der Waals surface area (Å²) in [7, 11) is 0. The van der Waals surface area contributed by atoms with Gasteiger partial charge in [0.15, 0.2) is 0 Å². The van der Waals surface area contributed by atoms with Crippen molar-refractivity contribution >= 4 is 17.7 Å². The van der Waals surface area contributed by atoms with E-state index in [0.29, 0.717) is 48.2 Å². The van der Waals surface area contributed by atoms with Gasteiger partial charge in [0.2, 0.25) is 5.91 Å². The maximum absolute atomic E-state index is 13.6. The van der Waals surface area contributed by atoms with Crippen LogP contribution in [-0.2, 0) is 20.8 Å². The summed E-state index contributed by atoms with van der Waals surface area (Å²) < 4.78 is 0. The number of hydrogen-bond donors (Lipinski definition) is 3. The van der Waals surface area contributed by atoms with E-state index in [1.165, 1.54) is 0 Å². The Labute approximate surface area is 233 Å². The fourth-order valence-corrected chi connectivity index (χ4v) is 9.76. The first kappa shape index (κ1) is 28.3. The van der Waals surface area contributed by atoms with Crippen molar-refractivity contribution in [1.82, 2.24) is 5.32 Å². The van der Waals surface area contributed by atoms with Crippen LogP contribution in [0.5, 0.6) is 0 Å². The summed E-state index contributed by atoms with van der Waals surface area (Å²) in [5.41, 5.74) is 1.17. The average Bonchev–Trinajstić information content (AvgIpc) is 3.25. The van der Waals surface area contributed by atoms with Crippen LogP contribution in [0.2, 0.25) is 0 Å². The molecule has 0 saturated heterocycles. The zero-order chi connectivity index (χ0) is 27.9. The largest absolute Gasteiger partial charge is 0.480 e. The Morgan fingerprint density at radius 2 is 1.72 bits per heavy atom. The highest BCUT2D eigenvalue weighted by atomic mass is 16.4. The topological polar surface area (TPSA) is 104 Å². The average molecular weight is 538 g/mol. The number of nitrogens with one attached hydrogen (secondary N) is 1. The number of ketones is 1. The fraction of sp³-hybridized carbons (Fsp3) is 0.727. The highest BCUT2D eigenvalue weighted by Crippen LogP contribution is 2.67. The smallest absolute Gasteiger partial charge is 0.326 e. The van der Waals surface area contributed by atoms with E-state index in [4.69, 9.17) is 0 Å². The number of hydrogen-bond acceptors (Lipinski definition) is 4. The molecule has 4 saturated carbocycles. The Kier molecular flexibility index (Phi) is 7.98. The summed E-state index contributed by atoms with van der Waals surface area (Å²) in [6.07, 6.45) is 8.81. The normalized spacial score (nSPS) is 39.1. The van der Waals surface area contributed by atoms with Gasteiger partial charge >= 0.3 is 5.97 Å². The molecule has 10 atom stereocenters.